The third-order valence-corrected chi connectivity index (χ3v) is 2.59. The van der Waals surface area contributed by atoms with E-state index in [1.807, 2.05) is 13.8 Å². The maximum Gasteiger partial charge on any atom is 0.404 e. The maximum absolute atomic E-state index is 12.6. The molecule has 1 aliphatic rings. The third kappa shape index (κ3) is 3.15. The molecule has 1 rings (SSSR count). The highest BCUT2D eigenvalue weighted by Gasteiger charge is 2.44. The second-order valence-corrected chi connectivity index (χ2v) is 4.44. The smallest absolute Gasteiger partial charge is 0.292 e. The highest BCUT2D eigenvalue weighted by molar-refractivity contribution is 4.83. The number of nitrogens with zero attached hydrogens (tertiary/aromatic N) is 1. The Kier molecular flexibility index (Phi) is 3.81. The molecule has 0 aromatic rings. The average molecular weight is 209 g/mol. The van der Waals surface area contributed by atoms with Gasteiger partial charge in [-0.15, -0.1) is 0 Å². The molecule has 1 atom stereocenters. The van der Waals surface area contributed by atoms with E-state index in [2.05, 4.69) is 0 Å². The molecule has 0 N–H and O–H groups in total. The molecule has 0 saturated carbocycles. The Morgan fingerprint density at radius 2 is 1.93 bits per heavy atom. The van der Waals surface area contributed by atoms with Gasteiger partial charge in [0.2, 0.25) is 0 Å². The highest BCUT2D eigenvalue weighted by atomic mass is 19.4. The Balaban J connectivity index is 2.59. The van der Waals surface area contributed by atoms with E-state index in [1.54, 1.807) is 4.90 Å². The van der Waals surface area contributed by atoms with Crippen molar-refractivity contribution in [2.75, 3.05) is 13.1 Å². The summed E-state index contributed by atoms with van der Waals surface area (Å²) in [5.74, 6) is 0.304. The summed E-state index contributed by atoms with van der Waals surface area (Å²) < 4.78 is 37.8. The van der Waals surface area contributed by atoms with Gasteiger partial charge in [0, 0.05) is 6.54 Å². The van der Waals surface area contributed by atoms with Gasteiger partial charge < -0.3 is 0 Å². The predicted molar refractivity (Wildman–Crippen MR) is 50.1 cm³/mol. The lowest BCUT2D eigenvalue weighted by molar-refractivity contribution is -0.192. The Morgan fingerprint density at radius 1 is 1.29 bits per heavy atom. The van der Waals surface area contributed by atoms with Crippen LogP contribution in [0.25, 0.3) is 0 Å². The van der Waals surface area contributed by atoms with Crippen LogP contribution in [0.2, 0.25) is 0 Å². The highest BCUT2D eigenvalue weighted by Crippen LogP contribution is 2.32. The monoisotopic (exact) mass is 209 g/mol. The van der Waals surface area contributed by atoms with Crippen LogP contribution >= 0.6 is 0 Å². The second kappa shape index (κ2) is 4.51. The normalized spacial score (nSPS) is 25.7. The van der Waals surface area contributed by atoms with Gasteiger partial charge in [0.05, 0.1) is 0 Å². The SMILES string of the molecule is CC(C)CN1CCCCC1C(F)(F)F. The van der Waals surface area contributed by atoms with Crippen molar-refractivity contribution in [1.82, 2.24) is 4.90 Å². The lowest BCUT2D eigenvalue weighted by Gasteiger charge is -2.37. The fraction of sp³-hybridized carbons (Fsp3) is 1.00. The molecule has 84 valence electrons. The maximum atomic E-state index is 12.6. The largest absolute Gasteiger partial charge is 0.404 e. The van der Waals surface area contributed by atoms with Gasteiger partial charge in [-0.1, -0.05) is 20.3 Å². The molecule has 0 spiro atoms. The number of alkyl halides is 3. The standard InChI is InChI=1S/C10H18F3N/c1-8(2)7-14-6-4-3-5-9(14)10(11,12)13/h8-9H,3-7H2,1-2H3. The van der Waals surface area contributed by atoms with E-state index in [1.165, 1.54) is 0 Å². The zero-order valence-electron chi connectivity index (χ0n) is 8.77. The van der Waals surface area contributed by atoms with Crippen LogP contribution in [0.1, 0.15) is 33.1 Å². The first kappa shape index (κ1) is 11.8. The van der Waals surface area contributed by atoms with Crippen molar-refractivity contribution in [3.05, 3.63) is 0 Å². The van der Waals surface area contributed by atoms with Crippen molar-refractivity contribution in [3.8, 4) is 0 Å². The van der Waals surface area contributed by atoms with E-state index in [4.69, 9.17) is 0 Å². The van der Waals surface area contributed by atoms with E-state index in [0.717, 1.165) is 6.42 Å². The molecule has 0 aromatic carbocycles. The second-order valence-electron chi connectivity index (χ2n) is 4.44. The first-order valence-electron chi connectivity index (χ1n) is 5.22. The summed E-state index contributed by atoms with van der Waals surface area (Å²) in [6.45, 7) is 5.08. The van der Waals surface area contributed by atoms with Crippen LogP contribution in [0.4, 0.5) is 13.2 Å². The summed E-state index contributed by atoms with van der Waals surface area (Å²) in [4.78, 5) is 1.59. The minimum absolute atomic E-state index is 0.274. The zero-order chi connectivity index (χ0) is 10.8. The van der Waals surface area contributed by atoms with Crippen molar-refractivity contribution in [2.24, 2.45) is 5.92 Å². The number of piperidine rings is 1. The minimum Gasteiger partial charge on any atom is -0.292 e. The molecule has 0 bridgehead atoms. The van der Waals surface area contributed by atoms with Gasteiger partial charge in [0.15, 0.2) is 0 Å². The van der Waals surface area contributed by atoms with Crippen LogP contribution in [0.3, 0.4) is 0 Å². The van der Waals surface area contributed by atoms with Crippen LogP contribution < -0.4 is 0 Å². The van der Waals surface area contributed by atoms with E-state index in [0.29, 0.717) is 25.4 Å². The molecule has 0 aromatic heterocycles. The number of hydrogen-bond acceptors (Lipinski definition) is 1. The Morgan fingerprint density at radius 3 is 2.43 bits per heavy atom. The van der Waals surface area contributed by atoms with Gasteiger partial charge in [0.25, 0.3) is 0 Å². The first-order chi connectivity index (χ1) is 6.41. The van der Waals surface area contributed by atoms with E-state index in [9.17, 15) is 13.2 Å². The van der Waals surface area contributed by atoms with Gasteiger partial charge >= 0.3 is 6.18 Å². The zero-order valence-corrected chi connectivity index (χ0v) is 8.77. The summed E-state index contributed by atoms with van der Waals surface area (Å²) in [5, 5.41) is 0. The lowest BCUT2D eigenvalue weighted by Crippen LogP contribution is -2.49. The minimum atomic E-state index is -4.05. The number of halogens is 3. The summed E-state index contributed by atoms with van der Waals surface area (Å²) in [6, 6.07) is -1.20. The number of likely N-dealkylation sites (tertiary alicyclic amines) is 1. The quantitative estimate of drug-likeness (QED) is 0.675. The topological polar surface area (TPSA) is 3.24 Å². The van der Waals surface area contributed by atoms with Crippen LogP contribution in [0, 0.1) is 5.92 Å². The lowest BCUT2D eigenvalue weighted by atomic mass is 10.0. The summed E-state index contributed by atoms with van der Waals surface area (Å²) in [7, 11) is 0. The van der Waals surface area contributed by atoms with Crippen LogP contribution in [-0.2, 0) is 0 Å². The summed E-state index contributed by atoms with van der Waals surface area (Å²) >= 11 is 0. The fourth-order valence-corrected chi connectivity index (χ4v) is 2.05. The van der Waals surface area contributed by atoms with Crippen molar-refractivity contribution in [1.29, 1.82) is 0 Å². The molecule has 1 aliphatic heterocycles. The molecule has 1 unspecified atom stereocenters. The predicted octanol–water partition coefficient (Wildman–Crippen LogP) is 3.06. The number of hydrogen-bond donors (Lipinski definition) is 0. The van der Waals surface area contributed by atoms with Crippen LogP contribution in [0.15, 0.2) is 0 Å². The average Bonchev–Trinajstić information content (AvgIpc) is 2.01. The summed E-state index contributed by atoms with van der Waals surface area (Å²) in [5.41, 5.74) is 0. The Hall–Kier alpha value is -0.250. The molecular weight excluding hydrogens is 191 g/mol. The van der Waals surface area contributed by atoms with E-state index >= 15 is 0 Å². The van der Waals surface area contributed by atoms with Gasteiger partial charge in [-0.3, -0.25) is 4.90 Å². The molecule has 1 nitrogen and oxygen atoms in total. The molecule has 1 fully saturated rings. The van der Waals surface area contributed by atoms with Gasteiger partial charge in [-0.2, -0.15) is 13.2 Å². The van der Waals surface area contributed by atoms with E-state index < -0.39 is 12.2 Å². The van der Waals surface area contributed by atoms with Crippen molar-refractivity contribution < 1.29 is 13.2 Å². The molecule has 1 heterocycles. The van der Waals surface area contributed by atoms with Gasteiger partial charge in [-0.25, -0.2) is 0 Å². The summed E-state index contributed by atoms with van der Waals surface area (Å²) in [6.07, 6.45) is -2.16. The molecule has 0 aliphatic carbocycles. The van der Waals surface area contributed by atoms with Gasteiger partial charge in [-0.05, 0) is 25.3 Å². The molecule has 14 heavy (non-hydrogen) atoms. The van der Waals surface area contributed by atoms with Crippen molar-refractivity contribution in [3.63, 3.8) is 0 Å². The molecule has 0 amide bonds. The van der Waals surface area contributed by atoms with Crippen LogP contribution in [-0.4, -0.2) is 30.2 Å². The van der Waals surface area contributed by atoms with Crippen molar-refractivity contribution in [2.45, 2.75) is 45.3 Å². The first-order valence-corrected chi connectivity index (χ1v) is 5.22. The number of rotatable bonds is 2. The van der Waals surface area contributed by atoms with Crippen molar-refractivity contribution >= 4 is 0 Å². The third-order valence-electron chi connectivity index (χ3n) is 2.59. The molecular formula is C10H18F3N. The Labute approximate surface area is 83.3 Å². The van der Waals surface area contributed by atoms with E-state index in [-0.39, 0.29) is 6.42 Å². The molecule has 0 radical (unpaired) electrons. The molecule has 4 heteroatoms. The molecule has 1 saturated heterocycles. The fourth-order valence-electron chi connectivity index (χ4n) is 2.05. The van der Waals surface area contributed by atoms with Crippen LogP contribution in [0.5, 0.6) is 0 Å². The Bertz CT molecular complexity index is 177. The van der Waals surface area contributed by atoms with Gasteiger partial charge in [0.1, 0.15) is 6.04 Å².